The summed E-state index contributed by atoms with van der Waals surface area (Å²) >= 11 is 0. The largest absolute Gasteiger partial charge is 0.360 e. The monoisotopic (exact) mass is 209 g/mol. The molecule has 0 bridgehead atoms. The molecule has 84 valence electrons. The third kappa shape index (κ3) is 2.58. The maximum Gasteiger partial charge on any atom is 0.150 e. The molecule has 1 aromatic heterocycles. The highest BCUT2D eigenvalue weighted by Gasteiger charge is 2.25. The van der Waals surface area contributed by atoms with Crippen molar-refractivity contribution < 1.29 is 4.52 Å². The van der Waals surface area contributed by atoms with Crippen LogP contribution in [0.1, 0.15) is 19.6 Å². The molecule has 0 radical (unpaired) electrons. The van der Waals surface area contributed by atoms with E-state index in [-0.39, 0.29) is 0 Å². The summed E-state index contributed by atoms with van der Waals surface area (Å²) < 4.78 is 5.15. The molecule has 0 saturated carbocycles. The zero-order chi connectivity index (χ0) is 10.7. The van der Waals surface area contributed by atoms with Gasteiger partial charge in [-0.3, -0.25) is 4.90 Å². The van der Waals surface area contributed by atoms with Crippen LogP contribution in [0.4, 0.5) is 0 Å². The van der Waals surface area contributed by atoms with Gasteiger partial charge in [-0.2, -0.15) is 0 Å². The van der Waals surface area contributed by atoms with Crippen LogP contribution in [-0.2, 0) is 6.54 Å². The van der Waals surface area contributed by atoms with Gasteiger partial charge in [0.2, 0.25) is 0 Å². The van der Waals surface area contributed by atoms with Gasteiger partial charge in [-0.1, -0.05) is 19.0 Å². The Hall–Kier alpha value is -0.870. The van der Waals surface area contributed by atoms with Gasteiger partial charge in [0.15, 0.2) is 5.76 Å². The molecule has 1 N–H and O–H groups in total. The molecule has 2 rings (SSSR count). The number of hydrogen-bond acceptors (Lipinski definition) is 4. The first-order chi connectivity index (χ1) is 7.27. The van der Waals surface area contributed by atoms with Gasteiger partial charge < -0.3 is 9.84 Å². The van der Waals surface area contributed by atoms with Crippen LogP contribution in [0, 0.1) is 5.92 Å². The zero-order valence-electron chi connectivity index (χ0n) is 9.44. The summed E-state index contributed by atoms with van der Waals surface area (Å²) in [6.07, 6.45) is 1.71. The topological polar surface area (TPSA) is 41.3 Å². The van der Waals surface area contributed by atoms with Gasteiger partial charge in [-0.15, -0.1) is 0 Å². The van der Waals surface area contributed by atoms with E-state index in [0.29, 0.717) is 12.0 Å². The maximum absolute atomic E-state index is 5.15. The summed E-state index contributed by atoms with van der Waals surface area (Å²) in [5, 5.41) is 7.18. The normalized spacial score (nSPS) is 23.5. The average molecular weight is 209 g/mol. The fourth-order valence-electron chi connectivity index (χ4n) is 2.15. The number of nitrogens with zero attached hydrogens (tertiary/aromatic N) is 2. The van der Waals surface area contributed by atoms with Gasteiger partial charge in [-0.25, -0.2) is 0 Å². The fraction of sp³-hybridized carbons (Fsp3) is 0.727. The summed E-state index contributed by atoms with van der Waals surface area (Å²) in [6.45, 7) is 8.65. The highest BCUT2D eigenvalue weighted by atomic mass is 16.5. The molecule has 4 heteroatoms. The van der Waals surface area contributed by atoms with Crippen molar-refractivity contribution in [3.63, 3.8) is 0 Å². The molecule has 0 amide bonds. The number of aromatic nitrogens is 1. The predicted molar refractivity (Wildman–Crippen MR) is 58.4 cm³/mol. The van der Waals surface area contributed by atoms with Gasteiger partial charge in [-0.05, 0) is 5.92 Å². The minimum atomic E-state index is 0.601. The smallest absolute Gasteiger partial charge is 0.150 e. The minimum Gasteiger partial charge on any atom is -0.360 e. The number of hydrogen-bond donors (Lipinski definition) is 1. The van der Waals surface area contributed by atoms with Crippen molar-refractivity contribution in [2.45, 2.75) is 26.4 Å². The van der Waals surface area contributed by atoms with Gasteiger partial charge in [0.05, 0.1) is 12.7 Å². The number of nitrogens with one attached hydrogen (secondary N) is 1. The molecule has 1 aliphatic heterocycles. The Morgan fingerprint density at radius 1 is 1.67 bits per heavy atom. The van der Waals surface area contributed by atoms with E-state index in [9.17, 15) is 0 Å². The number of piperazine rings is 1. The van der Waals surface area contributed by atoms with Crippen LogP contribution in [0.2, 0.25) is 0 Å². The summed E-state index contributed by atoms with van der Waals surface area (Å²) in [4.78, 5) is 2.47. The molecule has 1 unspecified atom stereocenters. The highest BCUT2D eigenvalue weighted by Crippen LogP contribution is 2.15. The molecule has 1 aromatic rings. The molecule has 0 aromatic carbocycles. The molecule has 4 nitrogen and oxygen atoms in total. The van der Waals surface area contributed by atoms with Crippen molar-refractivity contribution in [3.05, 3.63) is 18.0 Å². The lowest BCUT2D eigenvalue weighted by Gasteiger charge is -2.37. The van der Waals surface area contributed by atoms with Gasteiger partial charge in [0, 0.05) is 31.7 Å². The van der Waals surface area contributed by atoms with Crippen molar-refractivity contribution in [2.75, 3.05) is 19.6 Å². The van der Waals surface area contributed by atoms with Crippen LogP contribution in [0.5, 0.6) is 0 Å². The van der Waals surface area contributed by atoms with E-state index in [4.69, 9.17) is 4.52 Å². The lowest BCUT2D eigenvalue weighted by Crippen LogP contribution is -2.52. The van der Waals surface area contributed by atoms with E-state index in [0.717, 1.165) is 31.9 Å². The Bertz CT molecular complexity index is 284. The average Bonchev–Trinajstić information content (AvgIpc) is 2.71. The van der Waals surface area contributed by atoms with E-state index >= 15 is 0 Å². The molecule has 1 fully saturated rings. The third-order valence-electron chi connectivity index (χ3n) is 3.02. The van der Waals surface area contributed by atoms with Crippen LogP contribution >= 0.6 is 0 Å². The van der Waals surface area contributed by atoms with Crippen LogP contribution in [0.25, 0.3) is 0 Å². The Labute approximate surface area is 90.6 Å². The molecule has 1 aliphatic rings. The minimum absolute atomic E-state index is 0.601. The van der Waals surface area contributed by atoms with Crippen molar-refractivity contribution >= 4 is 0 Å². The summed E-state index contributed by atoms with van der Waals surface area (Å²) in [5.41, 5.74) is 0. The van der Waals surface area contributed by atoms with E-state index in [2.05, 4.69) is 29.2 Å². The lowest BCUT2D eigenvalue weighted by molar-refractivity contribution is 0.106. The quantitative estimate of drug-likeness (QED) is 0.809. The molecule has 0 spiro atoms. The van der Waals surface area contributed by atoms with Gasteiger partial charge >= 0.3 is 0 Å². The second kappa shape index (κ2) is 4.77. The van der Waals surface area contributed by atoms with Crippen LogP contribution < -0.4 is 5.32 Å². The SMILES string of the molecule is CC(C)C1CNCCN1Cc1ccno1. The summed E-state index contributed by atoms with van der Waals surface area (Å²) in [6, 6.07) is 2.54. The molecule has 1 atom stereocenters. The van der Waals surface area contributed by atoms with Crippen LogP contribution in [0.15, 0.2) is 16.8 Å². The van der Waals surface area contributed by atoms with E-state index in [1.54, 1.807) is 6.20 Å². The molecular weight excluding hydrogens is 190 g/mol. The summed E-state index contributed by atoms with van der Waals surface area (Å²) in [5.74, 6) is 1.63. The standard InChI is InChI=1S/C11H19N3O/c1-9(2)11-7-12-5-6-14(11)8-10-3-4-13-15-10/h3-4,9,11-12H,5-8H2,1-2H3. The lowest BCUT2D eigenvalue weighted by atomic mass is 10.0. The maximum atomic E-state index is 5.15. The van der Waals surface area contributed by atoms with Crippen molar-refractivity contribution in [1.29, 1.82) is 0 Å². The number of rotatable bonds is 3. The van der Waals surface area contributed by atoms with E-state index in [1.807, 2.05) is 6.07 Å². The van der Waals surface area contributed by atoms with E-state index in [1.165, 1.54) is 0 Å². The Kier molecular flexibility index (Phi) is 3.38. The first-order valence-corrected chi connectivity index (χ1v) is 5.61. The Morgan fingerprint density at radius 2 is 2.53 bits per heavy atom. The van der Waals surface area contributed by atoms with Crippen molar-refractivity contribution in [1.82, 2.24) is 15.4 Å². The van der Waals surface area contributed by atoms with Crippen LogP contribution in [-0.4, -0.2) is 35.7 Å². The van der Waals surface area contributed by atoms with Crippen molar-refractivity contribution in [2.24, 2.45) is 5.92 Å². The molecule has 15 heavy (non-hydrogen) atoms. The summed E-state index contributed by atoms with van der Waals surface area (Å²) in [7, 11) is 0. The Balaban J connectivity index is 1.99. The second-order valence-electron chi connectivity index (χ2n) is 4.46. The van der Waals surface area contributed by atoms with Crippen LogP contribution in [0.3, 0.4) is 0 Å². The predicted octanol–water partition coefficient (Wildman–Crippen LogP) is 1.10. The highest BCUT2D eigenvalue weighted by molar-refractivity contribution is 4.95. The fourth-order valence-corrected chi connectivity index (χ4v) is 2.15. The third-order valence-corrected chi connectivity index (χ3v) is 3.02. The van der Waals surface area contributed by atoms with Crippen molar-refractivity contribution in [3.8, 4) is 0 Å². The first kappa shape index (κ1) is 10.6. The molecule has 1 saturated heterocycles. The van der Waals surface area contributed by atoms with Gasteiger partial charge in [0.25, 0.3) is 0 Å². The van der Waals surface area contributed by atoms with Gasteiger partial charge in [0.1, 0.15) is 0 Å². The molecular formula is C11H19N3O. The Morgan fingerprint density at radius 3 is 3.20 bits per heavy atom. The zero-order valence-corrected chi connectivity index (χ0v) is 9.44. The van der Waals surface area contributed by atoms with E-state index < -0.39 is 0 Å². The molecule has 2 heterocycles. The molecule has 0 aliphatic carbocycles. The second-order valence-corrected chi connectivity index (χ2v) is 4.46. The first-order valence-electron chi connectivity index (χ1n) is 5.61.